The minimum absolute atomic E-state index is 0. The predicted molar refractivity (Wildman–Crippen MR) is 104 cm³/mol. The molecular formula is C19H30Cl2N2O. The van der Waals surface area contributed by atoms with E-state index in [1.165, 1.54) is 12.8 Å². The molecule has 1 aromatic carbocycles. The third-order valence-corrected chi connectivity index (χ3v) is 4.85. The van der Waals surface area contributed by atoms with Gasteiger partial charge in [0, 0.05) is 30.1 Å². The molecule has 2 atom stereocenters. The van der Waals surface area contributed by atoms with Crippen LogP contribution in [-0.4, -0.2) is 29.9 Å². The van der Waals surface area contributed by atoms with Crippen LogP contribution in [0.3, 0.4) is 0 Å². The summed E-state index contributed by atoms with van der Waals surface area (Å²) in [4.78, 5) is 15.0. The molecule has 0 saturated carbocycles. The monoisotopic (exact) mass is 372 g/mol. The number of rotatable bonds is 7. The molecule has 2 rings (SSSR count). The van der Waals surface area contributed by atoms with Crippen LogP contribution in [0.1, 0.15) is 51.5 Å². The summed E-state index contributed by atoms with van der Waals surface area (Å²) in [5, 5.41) is 4.17. The van der Waals surface area contributed by atoms with E-state index in [0.29, 0.717) is 18.5 Å². The highest BCUT2D eigenvalue weighted by Crippen LogP contribution is 2.21. The van der Waals surface area contributed by atoms with Gasteiger partial charge in [-0.2, -0.15) is 0 Å². The molecule has 0 spiro atoms. The molecule has 0 aromatic heterocycles. The Kier molecular flexibility index (Phi) is 9.72. The Morgan fingerprint density at radius 1 is 1.29 bits per heavy atom. The van der Waals surface area contributed by atoms with Crippen molar-refractivity contribution in [2.75, 3.05) is 13.1 Å². The summed E-state index contributed by atoms with van der Waals surface area (Å²) in [7, 11) is 0. The standard InChI is InChI=1S/C19H29ClN2O.ClH/c1-3-4-5-12-22(14-16-6-8-18(20)9-7-16)19(23)17-10-11-21-15(2)13-17;/h6-9,15,17,21H,3-5,10-14H2,1-2H3;1H/t15-,17-;/m0./s1. The van der Waals surface area contributed by atoms with E-state index < -0.39 is 0 Å². The van der Waals surface area contributed by atoms with Gasteiger partial charge in [0.2, 0.25) is 5.91 Å². The fraction of sp³-hybridized carbons (Fsp3) is 0.632. The van der Waals surface area contributed by atoms with Crippen LogP contribution in [0.15, 0.2) is 24.3 Å². The van der Waals surface area contributed by atoms with Gasteiger partial charge in [-0.1, -0.05) is 43.5 Å². The van der Waals surface area contributed by atoms with Crippen LogP contribution in [0.2, 0.25) is 5.02 Å². The number of unbranched alkanes of at least 4 members (excludes halogenated alkanes) is 2. The molecule has 1 fully saturated rings. The minimum atomic E-state index is 0. The molecule has 0 aliphatic carbocycles. The van der Waals surface area contributed by atoms with Crippen molar-refractivity contribution in [2.24, 2.45) is 5.92 Å². The lowest BCUT2D eigenvalue weighted by Crippen LogP contribution is -2.44. The number of benzene rings is 1. The second kappa shape index (κ2) is 11.0. The van der Waals surface area contributed by atoms with E-state index >= 15 is 0 Å². The van der Waals surface area contributed by atoms with Gasteiger partial charge in [-0.3, -0.25) is 4.79 Å². The van der Waals surface area contributed by atoms with Crippen molar-refractivity contribution in [1.29, 1.82) is 0 Å². The Bertz CT molecular complexity index is 493. The molecule has 5 heteroatoms. The normalized spacial score (nSPS) is 20.3. The molecule has 1 aliphatic heterocycles. The van der Waals surface area contributed by atoms with Gasteiger partial charge in [0.05, 0.1) is 0 Å². The molecule has 1 amide bonds. The van der Waals surface area contributed by atoms with Crippen LogP contribution < -0.4 is 5.32 Å². The Morgan fingerprint density at radius 2 is 2.00 bits per heavy atom. The molecule has 1 N–H and O–H groups in total. The fourth-order valence-corrected chi connectivity index (χ4v) is 3.37. The molecule has 1 heterocycles. The topological polar surface area (TPSA) is 32.3 Å². The van der Waals surface area contributed by atoms with E-state index in [4.69, 9.17) is 11.6 Å². The molecule has 1 aliphatic rings. The highest BCUT2D eigenvalue weighted by atomic mass is 35.5. The summed E-state index contributed by atoms with van der Waals surface area (Å²) in [6, 6.07) is 8.28. The van der Waals surface area contributed by atoms with Crippen molar-refractivity contribution in [1.82, 2.24) is 10.2 Å². The van der Waals surface area contributed by atoms with Crippen molar-refractivity contribution in [3.8, 4) is 0 Å². The summed E-state index contributed by atoms with van der Waals surface area (Å²) >= 11 is 5.96. The second-order valence-electron chi connectivity index (χ2n) is 6.67. The minimum Gasteiger partial charge on any atom is -0.338 e. The highest BCUT2D eigenvalue weighted by molar-refractivity contribution is 6.30. The molecule has 1 saturated heterocycles. The largest absolute Gasteiger partial charge is 0.338 e. The zero-order chi connectivity index (χ0) is 16.7. The van der Waals surface area contributed by atoms with Gasteiger partial charge in [-0.25, -0.2) is 0 Å². The van der Waals surface area contributed by atoms with Gasteiger partial charge in [-0.05, 0) is 50.4 Å². The van der Waals surface area contributed by atoms with E-state index in [2.05, 4.69) is 24.1 Å². The molecule has 24 heavy (non-hydrogen) atoms. The molecule has 3 nitrogen and oxygen atoms in total. The Hall–Kier alpha value is -0.770. The van der Waals surface area contributed by atoms with Crippen LogP contribution in [0.25, 0.3) is 0 Å². The first kappa shape index (κ1) is 21.3. The van der Waals surface area contributed by atoms with Crippen LogP contribution in [0.5, 0.6) is 0 Å². The fourth-order valence-electron chi connectivity index (χ4n) is 3.24. The number of nitrogens with zero attached hydrogens (tertiary/aromatic N) is 1. The van der Waals surface area contributed by atoms with Crippen molar-refractivity contribution < 1.29 is 4.79 Å². The van der Waals surface area contributed by atoms with E-state index in [1.54, 1.807) is 0 Å². The van der Waals surface area contributed by atoms with Gasteiger partial charge in [0.1, 0.15) is 0 Å². The molecule has 0 bridgehead atoms. The average Bonchev–Trinajstić information content (AvgIpc) is 2.55. The highest BCUT2D eigenvalue weighted by Gasteiger charge is 2.28. The van der Waals surface area contributed by atoms with E-state index in [-0.39, 0.29) is 18.3 Å². The number of hydrogen-bond donors (Lipinski definition) is 1. The summed E-state index contributed by atoms with van der Waals surface area (Å²) < 4.78 is 0. The number of nitrogens with one attached hydrogen (secondary N) is 1. The molecule has 0 radical (unpaired) electrons. The van der Waals surface area contributed by atoms with Gasteiger partial charge >= 0.3 is 0 Å². The van der Waals surface area contributed by atoms with Crippen LogP contribution >= 0.6 is 24.0 Å². The summed E-state index contributed by atoms with van der Waals surface area (Å²) in [6.07, 6.45) is 5.33. The molecule has 136 valence electrons. The number of carbonyl (C=O) groups excluding carboxylic acids is 1. The first-order valence-corrected chi connectivity index (χ1v) is 9.24. The Labute approximate surface area is 157 Å². The predicted octanol–water partition coefficient (Wildman–Crippen LogP) is 4.67. The zero-order valence-corrected chi connectivity index (χ0v) is 16.3. The maximum Gasteiger partial charge on any atom is 0.226 e. The first-order chi connectivity index (χ1) is 11.1. The SMILES string of the molecule is CCCCCN(Cc1ccc(Cl)cc1)C(=O)[C@H]1CCN[C@@H](C)C1.Cl. The lowest BCUT2D eigenvalue weighted by Gasteiger charge is -2.32. The molecular weight excluding hydrogens is 343 g/mol. The van der Waals surface area contributed by atoms with Crippen molar-refractivity contribution >= 4 is 29.9 Å². The van der Waals surface area contributed by atoms with Gasteiger partial charge < -0.3 is 10.2 Å². The van der Waals surface area contributed by atoms with Gasteiger partial charge in [-0.15, -0.1) is 12.4 Å². The average molecular weight is 373 g/mol. The lowest BCUT2D eigenvalue weighted by molar-refractivity contribution is -0.137. The Balaban J connectivity index is 0.00000288. The third-order valence-electron chi connectivity index (χ3n) is 4.60. The first-order valence-electron chi connectivity index (χ1n) is 8.86. The maximum absolute atomic E-state index is 13.0. The quantitative estimate of drug-likeness (QED) is 0.705. The van der Waals surface area contributed by atoms with Crippen LogP contribution in [0.4, 0.5) is 0 Å². The second-order valence-corrected chi connectivity index (χ2v) is 7.11. The van der Waals surface area contributed by atoms with Gasteiger partial charge in [0.25, 0.3) is 0 Å². The number of piperidine rings is 1. The van der Waals surface area contributed by atoms with E-state index in [0.717, 1.165) is 42.9 Å². The molecule has 1 aromatic rings. The number of carbonyl (C=O) groups is 1. The smallest absolute Gasteiger partial charge is 0.226 e. The lowest BCUT2D eigenvalue weighted by atomic mass is 9.91. The Morgan fingerprint density at radius 3 is 2.62 bits per heavy atom. The zero-order valence-electron chi connectivity index (χ0n) is 14.8. The van der Waals surface area contributed by atoms with Crippen molar-refractivity contribution in [3.05, 3.63) is 34.9 Å². The van der Waals surface area contributed by atoms with Gasteiger partial charge in [0.15, 0.2) is 0 Å². The van der Waals surface area contributed by atoms with Crippen LogP contribution in [-0.2, 0) is 11.3 Å². The number of hydrogen-bond acceptors (Lipinski definition) is 2. The van der Waals surface area contributed by atoms with E-state index in [9.17, 15) is 4.79 Å². The van der Waals surface area contributed by atoms with Crippen molar-refractivity contribution in [2.45, 2.75) is 58.5 Å². The van der Waals surface area contributed by atoms with Crippen LogP contribution in [0, 0.1) is 5.92 Å². The summed E-state index contributed by atoms with van der Waals surface area (Å²) in [5.41, 5.74) is 1.15. The number of amides is 1. The summed E-state index contributed by atoms with van der Waals surface area (Å²) in [5.74, 6) is 0.490. The summed E-state index contributed by atoms with van der Waals surface area (Å²) in [6.45, 7) is 6.85. The molecule has 0 unspecified atom stereocenters. The maximum atomic E-state index is 13.0. The third kappa shape index (κ3) is 6.62. The van der Waals surface area contributed by atoms with E-state index in [1.807, 2.05) is 24.3 Å². The van der Waals surface area contributed by atoms with Crippen molar-refractivity contribution in [3.63, 3.8) is 0 Å². The number of halogens is 2.